The van der Waals surface area contributed by atoms with Crippen LogP contribution in [0.5, 0.6) is 0 Å². The summed E-state index contributed by atoms with van der Waals surface area (Å²) in [6.07, 6.45) is -6.40. The number of methoxy groups -OCH3 is 1. The van der Waals surface area contributed by atoms with E-state index in [0.29, 0.717) is 0 Å². The van der Waals surface area contributed by atoms with Gasteiger partial charge in [0.15, 0.2) is 6.10 Å². The van der Waals surface area contributed by atoms with Gasteiger partial charge in [-0.15, -0.1) is 0 Å². The number of carbonyl (C=O) groups excluding carboxylic acids is 1. The van der Waals surface area contributed by atoms with Crippen LogP contribution in [-0.2, 0) is 14.3 Å². The van der Waals surface area contributed by atoms with Crippen molar-refractivity contribution < 1.29 is 32.6 Å². The molecular weight excluding hydrogens is 219 g/mol. The van der Waals surface area contributed by atoms with Crippen LogP contribution >= 0.6 is 0 Å². The van der Waals surface area contributed by atoms with Crippen molar-refractivity contribution in [2.75, 3.05) is 13.7 Å². The number of carboxylic acids is 1. The molecule has 15 heavy (non-hydrogen) atoms. The Balaban J connectivity index is 3.89. The minimum Gasteiger partial charge on any atom is -0.479 e. The Bertz CT molecular complexity index is 241. The third kappa shape index (κ3) is 5.21. The molecule has 0 aliphatic carbocycles. The third-order valence-corrected chi connectivity index (χ3v) is 1.51. The zero-order chi connectivity index (χ0) is 12.1. The molecule has 0 aromatic carbocycles. The average Bonchev–Trinajstić information content (AvgIpc) is 2.09. The predicted molar refractivity (Wildman–Crippen MR) is 42.1 cm³/mol. The Labute approximate surface area is 83.2 Å². The van der Waals surface area contributed by atoms with Crippen LogP contribution in [0.25, 0.3) is 0 Å². The van der Waals surface area contributed by atoms with Gasteiger partial charge in [-0.2, -0.15) is 13.2 Å². The molecule has 0 aromatic rings. The molecule has 0 aliphatic heterocycles. The van der Waals surface area contributed by atoms with Crippen molar-refractivity contribution in [1.29, 1.82) is 0 Å². The van der Waals surface area contributed by atoms with Crippen LogP contribution in [0, 0.1) is 0 Å². The van der Waals surface area contributed by atoms with E-state index >= 15 is 0 Å². The molecule has 0 heterocycles. The molecule has 0 fully saturated rings. The Hall–Kier alpha value is -1.31. The molecule has 0 rings (SSSR count). The summed E-state index contributed by atoms with van der Waals surface area (Å²) < 4.78 is 39.4. The maximum atomic E-state index is 11.7. The minimum atomic E-state index is -4.95. The Kier molecular flexibility index (Phi) is 5.06. The van der Waals surface area contributed by atoms with E-state index in [4.69, 9.17) is 5.11 Å². The van der Waals surface area contributed by atoms with E-state index in [1.165, 1.54) is 5.32 Å². The first kappa shape index (κ1) is 13.7. The van der Waals surface area contributed by atoms with Gasteiger partial charge in [-0.3, -0.25) is 4.79 Å². The molecule has 0 aromatic heterocycles. The van der Waals surface area contributed by atoms with Gasteiger partial charge in [-0.25, -0.2) is 4.79 Å². The SMILES string of the molecule is CO[C@@H](CCNC(=O)C(F)(F)F)C(=O)O. The van der Waals surface area contributed by atoms with Crippen LogP contribution in [0.1, 0.15) is 6.42 Å². The summed E-state index contributed by atoms with van der Waals surface area (Å²) in [5.41, 5.74) is 0. The maximum Gasteiger partial charge on any atom is 0.471 e. The summed E-state index contributed by atoms with van der Waals surface area (Å²) in [7, 11) is 1.12. The number of nitrogens with one attached hydrogen (secondary N) is 1. The molecule has 0 radical (unpaired) electrons. The number of carboxylic acid groups (broad SMARTS) is 1. The van der Waals surface area contributed by atoms with Crippen molar-refractivity contribution in [2.24, 2.45) is 0 Å². The molecule has 2 N–H and O–H groups in total. The van der Waals surface area contributed by atoms with E-state index in [-0.39, 0.29) is 6.42 Å². The van der Waals surface area contributed by atoms with Crippen LogP contribution in [0.15, 0.2) is 0 Å². The second-order valence-electron chi connectivity index (χ2n) is 2.60. The van der Waals surface area contributed by atoms with Crippen molar-refractivity contribution >= 4 is 11.9 Å². The molecule has 0 spiro atoms. The second-order valence-corrected chi connectivity index (χ2v) is 2.60. The zero-order valence-corrected chi connectivity index (χ0v) is 7.80. The molecule has 1 atom stereocenters. The molecule has 0 aliphatic rings. The highest BCUT2D eigenvalue weighted by molar-refractivity contribution is 5.81. The number of ether oxygens (including phenoxy) is 1. The van der Waals surface area contributed by atoms with Gasteiger partial charge in [0.05, 0.1) is 0 Å². The highest BCUT2D eigenvalue weighted by Crippen LogP contribution is 2.13. The Morgan fingerprint density at radius 2 is 2.00 bits per heavy atom. The smallest absolute Gasteiger partial charge is 0.471 e. The monoisotopic (exact) mass is 229 g/mol. The first-order valence-electron chi connectivity index (χ1n) is 3.89. The molecule has 0 saturated carbocycles. The second kappa shape index (κ2) is 5.54. The maximum absolute atomic E-state index is 11.7. The zero-order valence-electron chi connectivity index (χ0n) is 7.80. The van der Waals surface area contributed by atoms with E-state index in [1.54, 1.807) is 0 Å². The molecule has 0 saturated heterocycles. The normalized spacial score (nSPS) is 13.3. The molecule has 8 heteroatoms. The van der Waals surface area contributed by atoms with E-state index in [9.17, 15) is 22.8 Å². The molecule has 1 amide bonds. The summed E-state index contributed by atoms with van der Waals surface area (Å²) in [5.74, 6) is -3.39. The lowest BCUT2D eigenvalue weighted by Crippen LogP contribution is -2.39. The van der Waals surface area contributed by atoms with Gasteiger partial charge >= 0.3 is 18.1 Å². The number of rotatable bonds is 5. The predicted octanol–water partition coefficient (Wildman–Crippen LogP) is 0.155. The lowest BCUT2D eigenvalue weighted by molar-refractivity contribution is -0.173. The number of halogens is 3. The molecular formula is C7H10F3NO4. The Morgan fingerprint density at radius 3 is 2.33 bits per heavy atom. The minimum absolute atomic E-state index is 0.229. The van der Waals surface area contributed by atoms with Crippen LogP contribution in [0.4, 0.5) is 13.2 Å². The lowest BCUT2D eigenvalue weighted by Gasteiger charge is -2.11. The largest absolute Gasteiger partial charge is 0.479 e. The molecule has 88 valence electrons. The van der Waals surface area contributed by atoms with Crippen molar-refractivity contribution in [3.63, 3.8) is 0 Å². The average molecular weight is 229 g/mol. The molecule has 0 unspecified atom stereocenters. The van der Waals surface area contributed by atoms with Crippen LogP contribution in [-0.4, -0.2) is 42.9 Å². The number of hydrogen-bond donors (Lipinski definition) is 2. The number of aliphatic carboxylic acids is 1. The first-order valence-corrected chi connectivity index (χ1v) is 3.89. The van der Waals surface area contributed by atoms with Gasteiger partial charge in [0.25, 0.3) is 0 Å². The van der Waals surface area contributed by atoms with Crippen LogP contribution < -0.4 is 5.32 Å². The van der Waals surface area contributed by atoms with E-state index < -0.39 is 30.7 Å². The van der Waals surface area contributed by atoms with Gasteiger partial charge in [0.1, 0.15) is 0 Å². The summed E-state index contributed by atoms with van der Waals surface area (Å²) in [5, 5.41) is 9.97. The van der Waals surface area contributed by atoms with E-state index in [2.05, 4.69) is 4.74 Å². The standard InChI is InChI=1S/C7H10F3NO4/c1-15-4(5(12)13)2-3-11-6(14)7(8,9)10/h4H,2-3H2,1H3,(H,11,14)(H,12,13)/t4-/m0/s1. The number of carbonyl (C=O) groups is 2. The van der Waals surface area contributed by atoms with Gasteiger partial charge in [-0.1, -0.05) is 0 Å². The van der Waals surface area contributed by atoms with Crippen molar-refractivity contribution in [3.05, 3.63) is 0 Å². The fraction of sp³-hybridized carbons (Fsp3) is 0.714. The fourth-order valence-electron chi connectivity index (χ4n) is 0.759. The first-order chi connectivity index (χ1) is 6.79. The third-order valence-electron chi connectivity index (χ3n) is 1.51. The topological polar surface area (TPSA) is 75.6 Å². The van der Waals surface area contributed by atoms with Gasteiger partial charge in [-0.05, 0) is 0 Å². The highest BCUT2D eigenvalue weighted by Gasteiger charge is 2.38. The van der Waals surface area contributed by atoms with Crippen molar-refractivity contribution in [3.8, 4) is 0 Å². The quantitative estimate of drug-likeness (QED) is 0.703. The molecule has 5 nitrogen and oxygen atoms in total. The van der Waals surface area contributed by atoms with Crippen LogP contribution in [0.3, 0.4) is 0 Å². The van der Waals surface area contributed by atoms with Gasteiger partial charge < -0.3 is 15.2 Å². The van der Waals surface area contributed by atoms with E-state index in [1.807, 2.05) is 0 Å². The number of hydrogen-bond acceptors (Lipinski definition) is 3. The summed E-state index contributed by atoms with van der Waals surface area (Å²) >= 11 is 0. The summed E-state index contributed by atoms with van der Waals surface area (Å²) in [6.45, 7) is -0.414. The van der Waals surface area contributed by atoms with Gasteiger partial charge in [0.2, 0.25) is 0 Å². The highest BCUT2D eigenvalue weighted by atomic mass is 19.4. The Morgan fingerprint density at radius 1 is 1.47 bits per heavy atom. The van der Waals surface area contributed by atoms with E-state index in [0.717, 1.165) is 7.11 Å². The van der Waals surface area contributed by atoms with Crippen molar-refractivity contribution in [2.45, 2.75) is 18.7 Å². The molecule has 0 bridgehead atoms. The van der Waals surface area contributed by atoms with Crippen molar-refractivity contribution in [1.82, 2.24) is 5.32 Å². The number of alkyl halides is 3. The summed E-state index contributed by atoms with van der Waals surface area (Å²) in [6, 6.07) is 0. The van der Waals surface area contributed by atoms with Gasteiger partial charge in [0, 0.05) is 20.1 Å². The van der Waals surface area contributed by atoms with Crippen LogP contribution in [0.2, 0.25) is 0 Å². The number of amides is 1. The lowest BCUT2D eigenvalue weighted by atomic mass is 10.2. The summed E-state index contributed by atoms with van der Waals surface area (Å²) in [4.78, 5) is 20.6. The fourth-order valence-corrected chi connectivity index (χ4v) is 0.759.